The van der Waals surface area contributed by atoms with Crippen LogP contribution in [0.3, 0.4) is 0 Å². The molecule has 4 fully saturated rings. The fraction of sp³-hybridized carbons (Fsp3) is 0.500. The van der Waals surface area contributed by atoms with E-state index >= 15 is 13.2 Å². The zero-order valence-corrected chi connectivity index (χ0v) is 35.0. The summed E-state index contributed by atoms with van der Waals surface area (Å²) in [6.45, 7) is 7.25. The zero-order valence-electron chi connectivity index (χ0n) is 35.0. The van der Waals surface area contributed by atoms with E-state index in [1.807, 2.05) is 23.9 Å². The topological polar surface area (TPSA) is 155 Å². The van der Waals surface area contributed by atoms with Crippen LogP contribution in [0.2, 0.25) is 0 Å². The molecule has 0 bridgehead atoms. The summed E-state index contributed by atoms with van der Waals surface area (Å²) in [5.74, 6) is -3.98. The molecule has 2 amide bonds. The van der Waals surface area contributed by atoms with Crippen LogP contribution >= 0.6 is 0 Å². The van der Waals surface area contributed by atoms with Gasteiger partial charge in [0.1, 0.15) is 0 Å². The predicted octanol–water partition coefficient (Wildman–Crippen LogP) is 5.12. The molecule has 3 saturated heterocycles. The lowest BCUT2D eigenvalue weighted by molar-refractivity contribution is -0.134. The number of aromatic nitrogens is 5. The highest BCUT2D eigenvalue weighted by Crippen LogP contribution is 2.46. The number of hydrogen-bond donors (Lipinski definition) is 3. The van der Waals surface area contributed by atoms with Crippen molar-refractivity contribution in [3.63, 3.8) is 0 Å². The van der Waals surface area contributed by atoms with E-state index in [-0.39, 0.29) is 35.0 Å². The average Bonchev–Trinajstić information content (AvgIpc) is 4.06. The van der Waals surface area contributed by atoms with E-state index in [1.54, 1.807) is 25.2 Å². The van der Waals surface area contributed by atoms with E-state index in [1.165, 1.54) is 4.57 Å². The number of fused-ring (bicyclic) bond motifs is 4. The second-order valence-corrected chi connectivity index (χ2v) is 17.7. The van der Waals surface area contributed by atoms with Gasteiger partial charge in [-0.25, -0.2) is 18.2 Å². The van der Waals surface area contributed by atoms with Crippen molar-refractivity contribution in [1.29, 1.82) is 0 Å². The number of piperidine rings is 2. The minimum absolute atomic E-state index is 0.0153. The first-order valence-electron chi connectivity index (χ1n) is 21.6. The standard InChI is InChI=1S/C44H50F3N11O4/c1-24-21-58(14-13-26(24)22-56-15-17-57(18-16-56)33-6-4-5-28-35(53-55(3)37(28)33)29-10-12-34(59)50-41(29)60)43-48-20-31(45)40(52-43)49-27-9-11-32-30(19-27)36-38(42(61)54(32)2)62-23-44(46,47)39(51-36)25-7-8-25/h4-6,9,11,19-20,24-26,29,39,51H,7-8,10,12-18,21-23H2,1-3H3,(H,48,49,52)(H,50,59,60)/t24-,26?,29?,39-/m0/s1. The van der Waals surface area contributed by atoms with Crippen LogP contribution < -0.4 is 36.0 Å². The number of halogens is 3. The number of benzene rings is 2. The number of pyridine rings is 1. The first-order valence-corrected chi connectivity index (χ1v) is 21.6. The molecule has 326 valence electrons. The number of imide groups is 1. The van der Waals surface area contributed by atoms with Gasteiger partial charge in [-0.3, -0.25) is 29.3 Å². The Bertz CT molecular complexity index is 2660. The number of hydrogen-bond acceptors (Lipinski definition) is 12. The number of anilines is 5. The lowest BCUT2D eigenvalue weighted by atomic mass is 9.86. The number of aryl methyl sites for hydroxylation is 2. The fourth-order valence-corrected chi connectivity index (χ4v) is 9.98. The quantitative estimate of drug-likeness (QED) is 0.178. The lowest BCUT2D eigenvalue weighted by Gasteiger charge is -2.42. The smallest absolute Gasteiger partial charge is 0.301 e. The van der Waals surface area contributed by atoms with Gasteiger partial charge in [0.2, 0.25) is 23.5 Å². The molecular formula is C44H50F3N11O4. The van der Waals surface area contributed by atoms with Crippen molar-refractivity contribution in [2.75, 3.05) is 72.9 Å². The van der Waals surface area contributed by atoms with E-state index in [9.17, 15) is 14.4 Å². The van der Waals surface area contributed by atoms with Gasteiger partial charge in [0.15, 0.2) is 18.2 Å². The summed E-state index contributed by atoms with van der Waals surface area (Å²) in [5.41, 5.74) is 3.48. The van der Waals surface area contributed by atoms with Gasteiger partial charge < -0.3 is 29.7 Å². The van der Waals surface area contributed by atoms with E-state index in [0.29, 0.717) is 78.8 Å². The van der Waals surface area contributed by atoms with Gasteiger partial charge in [-0.15, -0.1) is 0 Å². The van der Waals surface area contributed by atoms with Crippen LogP contribution in [-0.4, -0.2) is 105 Å². The number of amides is 2. The van der Waals surface area contributed by atoms with E-state index < -0.39 is 35.9 Å². The number of piperazine rings is 1. The monoisotopic (exact) mass is 853 g/mol. The molecule has 7 heterocycles. The summed E-state index contributed by atoms with van der Waals surface area (Å²) in [7, 11) is 3.48. The Kier molecular flexibility index (Phi) is 10.0. The van der Waals surface area contributed by atoms with Crippen LogP contribution in [0.1, 0.15) is 50.6 Å². The van der Waals surface area contributed by atoms with Gasteiger partial charge in [0.05, 0.1) is 46.3 Å². The largest absolute Gasteiger partial charge is 0.480 e. The minimum Gasteiger partial charge on any atom is -0.480 e. The van der Waals surface area contributed by atoms with Crippen molar-refractivity contribution < 1.29 is 27.5 Å². The molecule has 4 atom stereocenters. The van der Waals surface area contributed by atoms with Crippen molar-refractivity contribution in [1.82, 2.24) is 34.5 Å². The normalized spacial score (nSPS) is 24.4. The van der Waals surface area contributed by atoms with Crippen molar-refractivity contribution in [2.45, 2.75) is 56.9 Å². The van der Waals surface area contributed by atoms with Gasteiger partial charge in [-0.2, -0.15) is 10.1 Å². The number of rotatable bonds is 8. The summed E-state index contributed by atoms with van der Waals surface area (Å²) in [4.78, 5) is 53.8. The number of carbonyl (C=O) groups excluding carboxylic acids is 2. The second kappa shape index (κ2) is 15.5. The molecule has 0 spiro atoms. The Labute approximate surface area is 355 Å². The molecule has 2 unspecified atom stereocenters. The maximum absolute atomic E-state index is 15.3. The number of nitrogens with one attached hydrogen (secondary N) is 3. The summed E-state index contributed by atoms with van der Waals surface area (Å²) >= 11 is 0. The van der Waals surface area contributed by atoms with Crippen LogP contribution in [-0.2, 0) is 23.7 Å². The van der Waals surface area contributed by atoms with Crippen molar-refractivity contribution in [3.05, 3.63) is 64.5 Å². The molecule has 0 radical (unpaired) electrons. The third-order valence-electron chi connectivity index (χ3n) is 13.6. The van der Waals surface area contributed by atoms with Crippen LogP contribution in [0.25, 0.3) is 21.8 Å². The van der Waals surface area contributed by atoms with Crippen LogP contribution in [0.15, 0.2) is 47.4 Å². The summed E-state index contributed by atoms with van der Waals surface area (Å²) in [6, 6.07) is 10.1. The van der Waals surface area contributed by atoms with Gasteiger partial charge in [0.25, 0.3) is 5.56 Å². The zero-order chi connectivity index (χ0) is 43.0. The highest BCUT2D eigenvalue weighted by Gasteiger charge is 2.51. The highest BCUT2D eigenvalue weighted by molar-refractivity contribution is 6.04. The number of ether oxygens (including phenoxy) is 1. The number of nitrogens with zero attached hydrogens (tertiary/aromatic N) is 8. The predicted molar refractivity (Wildman–Crippen MR) is 229 cm³/mol. The lowest BCUT2D eigenvalue weighted by Crippen LogP contribution is -2.50. The van der Waals surface area contributed by atoms with E-state index in [2.05, 4.69) is 53.6 Å². The average molecular weight is 854 g/mol. The van der Waals surface area contributed by atoms with E-state index in [4.69, 9.17) is 9.84 Å². The van der Waals surface area contributed by atoms with Crippen molar-refractivity contribution >= 4 is 62.4 Å². The summed E-state index contributed by atoms with van der Waals surface area (Å²) in [5, 5.41) is 14.8. The van der Waals surface area contributed by atoms with Crippen molar-refractivity contribution in [3.8, 4) is 5.75 Å². The molecule has 62 heavy (non-hydrogen) atoms. The Morgan fingerprint density at radius 1 is 0.968 bits per heavy atom. The molecule has 5 aliphatic rings. The first-order chi connectivity index (χ1) is 29.8. The van der Waals surface area contributed by atoms with Crippen LogP contribution in [0.4, 0.5) is 42.0 Å². The van der Waals surface area contributed by atoms with E-state index in [0.717, 1.165) is 61.9 Å². The van der Waals surface area contributed by atoms with Gasteiger partial charge in [-0.1, -0.05) is 19.1 Å². The molecule has 4 aliphatic heterocycles. The van der Waals surface area contributed by atoms with Gasteiger partial charge in [-0.05, 0) is 67.7 Å². The fourth-order valence-electron chi connectivity index (χ4n) is 9.98. The van der Waals surface area contributed by atoms with Crippen LogP contribution in [0.5, 0.6) is 5.75 Å². The second-order valence-electron chi connectivity index (χ2n) is 17.7. The maximum Gasteiger partial charge on any atom is 0.301 e. The minimum atomic E-state index is -3.16. The van der Waals surface area contributed by atoms with Crippen molar-refractivity contribution in [2.24, 2.45) is 31.8 Å². The Morgan fingerprint density at radius 3 is 2.53 bits per heavy atom. The Hall–Kier alpha value is -5.91. The van der Waals surface area contributed by atoms with Gasteiger partial charge in [0, 0.05) is 82.8 Å². The number of carbonyl (C=O) groups is 2. The molecule has 10 rings (SSSR count). The Morgan fingerprint density at radius 2 is 1.77 bits per heavy atom. The Balaban J connectivity index is 0.791. The molecule has 3 N–H and O–H groups in total. The molecule has 1 aliphatic carbocycles. The highest BCUT2D eigenvalue weighted by atomic mass is 19.3. The summed E-state index contributed by atoms with van der Waals surface area (Å²) in [6.07, 6.45) is 4.19. The molecule has 1 saturated carbocycles. The molecule has 3 aromatic heterocycles. The third-order valence-corrected chi connectivity index (χ3v) is 13.6. The van der Waals surface area contributed by atoms with Crippen LogP contribution in [0, 0.1) is 23.6 Å². The number of alkyl halides is 2. The molecular weight excluding hydrogens is 804 g/mol. The SMILES string of the molecule is C[C@H]1CN(c2ncc(F)c(Nc3ccc4c(c3)c3c(c(=O)n4C)OCC(F)(F)[C@H](C4CC4)N3)n2)CCC1CN1CCN(c2cccc3c(C4CCC(=O)NC4=O)nn(C)c23)CC1. The molecule has 18 heteroatoms. The number of para-hydroxylation sites is 1. The molecule has 5 aromatic rings. The first kappa shape index (κ1) is 40.2. The van der Waals surface area contributed by atoms with Gasteiger partial charge >= 0.3 is 5.92 Å². The summed E-state index contributed by atoms with van der Waals surface area (Å²) < 4.78 is 54.4. The molecule has 2 aromatic carbocycles. The maximum atomic E-state index is 15.3. The third kappa shape index (κ3) is 7.24. The molecule has 15 nitrogen and oxygen atoms in total.